The lowest BCUT2D eigenvalue weighted by Crippen LogP contribution is -2.36. The second-order valence-corrected chi connectivity index (χ2v) is 9.50. The number of carbonyl (C=O) groups excluding carboxylic acids is 1. The molecular weight excluding hydrogens is 360 g/mol. The number of carbonyl (C=O) groups is 1. The van der Waals surface area contributed by atoms with E-state index in [4.69, 9.17) is 9.47 Å². The minimum atomic E-state index is -0.245. The lowest BCUT2D eigenvalue weighted by Gasteiger charge is -2.41. The van der Waals surface area contributed by atoms with Gasteiger partial charge in [0.15, 0.2) is 0 Å². The van der Waals surface area contributed by atoms with Crippen LogP contribution in [0, 0.1) is 17.3 Å². The van der Waals surface area contributed by atoms with Gasteiger partial charge in [-0.3, -0.25) is 4.79 Å². The highest BCUT2D eigenvalue weighted by atomic mass is 16.5. The lowest BCUT2D eigenvalue weighted by atomic mass is 9.64. The second-order valence-electron chi connectivity index (χ2n) is 9.50. The van der Waals surface area contributed by atoms with Crippen molar-refractivity contribution < 1.29 is 14.3 Å². The fourth-order valence-corrected chi connectivity index (χ4v) is 5.35. The highest BCUT2D eigenvalue weighted by Crippen LogP contribution is 2.47. The quantitative estimate of drug-likeness (QED) is 0.352. The predicted molar refractivity (Wildman–Crippen MR) is 118 cm³/mol. The molecule has 0 aromatic heterocycles. The van der Waals surface area contributed by atoms with Crippen molar-refractivity contribution in [2.45, 2.75) is 90.9 Å². The Bertz CT molecular complexity index is 620. The molecule has 0 saturated heterocycles. The van der Waals surface area contributed by atoms with Gasteiger partial charge >= 0.3 is 5.97 Å². The third-order valence-electron chi connectivity index (χ3n) is 7.46. The van der Waals surface area contributed by atoms with E-state index in [0.717, 1.165) is 43.5 Å². The number of ether oxygens (including phenoxy) is 2. The van der Waals surface area contributed by atoms with Gasteiger partial charge < -0.3 is 9.47 Å². The Morgan fingerprint density at radius 1 is 0.966 bits per heavy atom. The highest BCUT2D eigenvalue weighted by molar-refractivity contribution is 5.76. The maximum atomic E-state index is 12.3. The summed E-state index contributed by atoms with van der Waals surface area (Å²) in [6.45, 7) is 7.51. The topological polar surface area (TPSA) is 35.5 Å². The van der Waals surface area contributed by atoms with Crippen LogP contribution in [0.4, 0.5) is 0 Å². The molecule has 0 aliphatic heterocycles. The molecule has 162 valence electrons. The van der Waals surface area contributed by atoms with Crippen molar-refractivity contribution in [1.29, 1.82) is 0 Å². The molecule has 2 saturated carbocycles. The van der Waals surface area contributed by atoms with Crippen molar-refractivity contribution in [3.8, 4) is 5.75 Å². The predicted octanol–water partition coefficient (Wildman–Crippen LogP) is 6.90. The summed E-state index contributed by atoms with van der Waals surface area (Å²) in [6.07, 6.45) is 11.9. The van der Waals surface area contributed by atoms with Crippen LogP contribution in [0.15, 0.2) is 24.3 Å². The third-order valence-corrected chi connectivity index (χ3v) is 7.46. The second kappa shape index (κ2) is 10.5. The molecule has 2 aliphatic rings. The first-order valence-corrected chi connectivity index (χ1v) is 12.0. The van der Waals surface area contributed by atoms with Crippen molar-refractivity contribution >= 4 is 5.97 Å². The van der Waals surface area contributed by atoms with Crippen LogP contribution in [0.25, 0.3) is 0 Å². The minimum Gasteiger partial charge on any atom is -0.494 e. The van der Waals surface area contributed by atoms with Crippen molar-refractivity contribution in [1.82, 2.24) is 0 Å². The molecule has 1 aromatic carbocycles. The van der Waals surface area contributed by atoms with Gasteiger partial charge in [-0.2, -0.15) is 0 Å². The van der Waals surface area contributed by atoms with E-state index in [-0.39, 0.29) is 11.4 Å². The maximum absolute atomic E-state index is 12.3. The molecule has 3 rings (SSSR count). The molecule has 0 radical (unpaired) electrons. The Morgan fingerprint density at radius 3 is 2.17 bits per heavy atom. The molecule has 0 spiro atoms. The number of benzene rings is 1. The third kappa shape index (κ3) is 5.77. The molecule has 0 amide bonds. The maximum Gasteiger partial charge on any atom is 0.311 e. The summed E-state index contributed by atoms with van der Waals surface area (Å²) in [5, 5.41) is 0. The lowest BCUT2D eigenvalue weighted by molar-refractivity contribution is -0.157. The standard InChI is InChI=1S/C26H40O3/c1-4-6-19-29-24-13-11-22(12-14-24)20-7-9-21(10-8-20)23-15-17-26(3,18-16-23)25(27)28-5-2/h11-14,20-21,23H,4-10,15-19H2,1-3H3. The van der Waals surface area contributed by atoms with Crippen LogP contribution in [-0.2, 0) is 9.53 Å². The number of esters is 1. The van der Waals surface area contributed by atoms with Crippen LogP contribution in [-0.4, -0.2) is 19.2 Å². The van der Waals surface area contributed by atoms with Crippen LogP contribution in [0.5, 0.6) is 5.75 Å². The van der Waals surface area contributed by atoms with Crippen molar-refractivity contribution in [3.05, 3.63) is 29.8 Å². The van der Waals surface area contributed by atoms with Gasteiger partial charge in [-0.15, -0.1) is 0 Å². The molecule has 2 aliphatic carbocycles. The molecule has 0 bridgehead atoms. The summed E-state index contributed by atoms with van der Waals surface area (Å²) in [6, 6.07) is 8.85. The molecule has 29 heavy (non-hydrogen) atoms. The van der Waals surface area contributed by atoms with E-state index >= 15 is 0 Å². The summed E-state index contributed by atoms with van der Waals surface area (Å²) < 4.78 is 11.1. The fraction of sp³-hybridized carbons (Fsp3) is 0.731. The van der Waals surface area contributed by atoms with E-state index < -0.39 is 0 Å². The van der Waals surface area contributed by atoms with Gasteiger partial charge in [0.25, 0.3) is 0 Å². The van der Waals surface area contributed by atoms with E-state index in [0.29, 0.717) is 12.5 Å². The number of hydrogen-bond donors (Lipinski definition) is 0. The minimum absolute atomic E-state index is 0.0179. The van der Waals surface area contributed by atoms with E-state index in [1.54, 1.807) is 0 Å². The molecule has 3 heteroatoms. The van der Waals surface area contributed by atoms with Crippen molar-refractivity contribution in [2.24, 2.45) is 17.3 Å². The molecule has 0 unspecified atom stereocenters. The summed E-state index contributed by atoms with van der Waals surface area (Å²) in [7, 11) is 0. The van der Waals surface area contributed by atoms with Gasteiger partial charge in [0.05, 0.1) is 18.6 Å². The Kier molecular flexibility index (Phi) is 8.03. The Morgan fingerprint density at radius 2 is 1.59 bits per heavy atom. The SMILES string of the molecule is CCCCOc1ccc(C2CCC(C3CCC(C)(C(=O)OCC)CC3)CC2)cc1. The van der Waals surface area contributed by atoms with Crippen LogP contribution >= 0.6 is 0 Å². The zero-order valence-corrected chi connectivity index (χ0v) is 18.8. The van der Waals surface area contributed by atoms with E-state index in [1.165, 1.54) is 50.5 Å². The van der Waals surface area contributed by atoms with Gasteiger partial charge in [-0.05, 0) is 107 Å². The van der Waals surface area contributed by atoms with Crippen LogP contribution in [0.1, 0.15) is 96.5 Å². The van der Waals surface area contributed by atoms with E-state index in [1.807, 2.05) is 6.92 Å². The Balaban J connectivity index is 1.44. The molecular formula is C26H40O3. The van der Waals surface area contributed by atoms with Gasteiger partial charge in [-0.25, -0.2) is 0 Å². The fourth-order valence-electron chi connectivity index (χ4n) is 5.35. The van der Waals surface area contributed by atoms with Crippen molar-refractivity contribution in [2.75, 3.05) is 13.2 Å². The zero-order valence-electron chi connectivity index (χ0n) is 18.8. The van der Waals surface area contributed by atoms with Gasteiger partial charge in [-0.1, -0.05) is 25.5 Å². The first-order chi connectivity index (χ1) is 14.1. The molecule has 0 atom stereocenters. The van der Waals surface area contributed by atoms with Crippen LogP contribution in [0.3, 0.4) is 0 Å². The Hall–Kier alpha value is -1.51. The molecule has 2 fully saturated rings. The van der Waals surface area contributed by atoms with Crippen LogP contribution < -0.4 is 4.74 Å². The van der Waals surface area contributed by atoms with Gasteiger partial charge in [0.1, 0.15) is 5.75 Å². The molecule has 0 N–H and O–H groups in total. The summed E-state index contributed by atoms with van der Waals surface area (Å²) in [5.41, 5.74) is 1.23. The average molecular weight is 401 g/mol. The average Bonchev–Trinajstić information content (AvgIpc) is 2.75. The first kappa shape index (κ1) is 22.2. The summed E-state index contributed by atoms with van der Waals surface area (Å²) in [5.74, 6) is 3.36. The molecule has 1 aromatic rings. The smallest absolute Gasteiger partial charge is 0.311 e. The highest BCUT2D eigenvalue weighted by Gasteiger charge is 2.41. The number of unbranched alkanes of at least 4 members (excludes halogenated alkanes) is 1. The monoisotopic (exact) mass is 400 g/mol. The van der Waals surface area contributed by atoms with Gasteiger partial charge in [0, 0.05) is 0 Å². The number of rotatable bonds is 8. The summed E-state index contributed by atoms with van der Waals surface area (Å²) >= 11 is 0. The molecule has 3 nitrogen and oxygen atoms in total. The van der Waals surface area contributed by atoms with Crippen molar-refractivity contribution in [3.63, 3.8) is 0 Å². The zero-order chi connectivity index (χ0) is 20.7. The first-order valence-electron chi connectivity index (χ1n) is 12.0. The van der Waals surface area contributed by atoms with Crippen LogP contribution in [0.2, 0.25) is 0 Å². The van der Waals surface area contributed by atoms with E-state index in [9.17, 15) is 4.79 Å². The Labute approximate surface area is 177 Å². The summed E-state index contributed by atoms with van der Waals surface area (Å²) in [4.78, 5) is 12.3. The van der Waals surface area contributed by atoms with E-state index in [2.05, 4.69) is 38.1 Å². The van der Waals surface area contributed by atoms with Gasteiger partial charge in [0.2, 0.25) is 0 Å². The largest absolute Gasteiger partial charge is 0.494 e. The number of hydrogen-bond acceptors (Lipinski definition) is 3. The molecule has 0 heterocycles. The normalized spacial score (nSPS) is 30.0.